The average molecular weight is 315 g/mol. The van der Waals surface area contributed by atoms with Gasteiger partial charge in [0.15, 0.2) is 0 Å². The van der Waals surface area contributed by atoms with Gasteiger partial charge in [0, 0.05) is 18.2 Å². The van der Waals surface area contributed by atoms with Gasteiger partial charge in [0.25, 0.3) is 0 Å². The van der Waals surface area contributed by atoms with Crippen molar-refractivity contribution in [2.45, 2.75) is 38.3 Å². The molecule has 22 heavy (non-hydrogen) atoms. The van der Waals surface area contributed by atoms with Crippen LogP contribution in [0.4, 0.5) is 18.9 Å². The smallest absolute Gasteiger partial charge is 0.391 e. The van der Waals surface area contributed by atoms with Crippen LogP contribution in [0.1, 0.15) is 31.2 Å². The number of nitrogens with one attached hydrogen (secondary N) is 1. The Hall–Kier alpha value is -1.56. The standard InChI is InChI=1S/C16H20F3NO2/c17-16(18,19)13-3-1-2-12(10-13)15(22)20-14-6-4-11(5-7-14)8-9-21/h4-7,12-13,21H,1-3,8-10H2,(H,20,22). The van der Waals surface area contributed by atoms with Crippen LogP contribution < -0.4 is 5.32 Å². The van der Waals surface area contributed by atoms with Crippen molar-refractivity contribution in [1.82, 2.24) is 0 Å². The minimum Gasteiger partial charge on any atom is -0.396 e. The molecular formula is C16H20F3NO2. The van der Waals surface area contributed by atoms with Gasteiger partial charge >= 0.3 is 6.18 Å². The average Bonchev–Trinajstić information content (AvgIpc) is 2.49. The molecule has 0 aromatic heterocycles. The van der Waals surface area contributed by atoms with Crippen molar-refractivity contribution < 1.29 is 23.1 Å². The Morgan fingerprint density at radius 1 is 1.23 bits per heavy atom. The lowest BCUT2D eigenvalue weighted by Crippen LogP contribution is -2.34. The normalized spacial score (nSPS) is 22.4. The molecule has 0 spiro atoms. The zero-order valence-electron chi connectivity index (χ0n) is 12.2. The first-order chi connectivity index (χ1) is 10.4. The Bertz CT molecular complexity index is 499. The van der Waals surface area contributed by atoms with E-state index in [9.17, 15) is 18.0 Å². The number of aliphatic hydroxyl groups is 1. The van der Waals surface area contributed by atoms with Crippen LogP contribution >= 0.6 is 0 Å². The third-order valence-electron chi connectivity index (χ3n) is 4.13. The summed E-state index contributed by atoms with van der Waals surface area (Å²) in [4.78, 5) is 12.1. The lowest BCUT2D eigenvalue weighted by Gasteiger charge is -2.29. The van der Waals surface area contributed by atoms with Gasteiger partial charge in [0.1, 0.15) is 0 Å². The summed E-state index contributed by atoms with van der Waals surface area (Å²) in [7, 11) is 0. The Balaban J connectivity index is 1.93. The fourth-order valence-corrected chi connectivity index (χ4v) is 2.85. The fraction of sp³-hybridized carbons (Fsp3) is 0.562. The molecule has 2 rings (SSSR count). The van der Waals surface area contributed by atoms with Crippen molar-refractivity contribution in [3.63, 3.8) is 0 Å². The zero-order chi connectivity index (χ0) is 16.2. The highest BCUT2D eigenvalue weighted by Crippen LogP contribution is 2.40. The molecule has 6 heteroatoms. The second-order valence-corrected chi connectivity index (χ2v) is 5.76. The molecule has 3 nitrogen and oxygen atoms in total. The molecular weight excluding hydrogens is 295 g/mol. The third-order valence-corrected chi connectivity index (χ3v) is 4.13. The van der Waals surface area contributed by atoms with E-state index >= 15 is 0 Å². The van der Waals surface area contributed by atoms with Crippen molar-refractivity contribution in [1.29, 1.82) is 0 Å². The van der Waals surface area contributed by atoms with Crippen LogP contribution in [0.25, 0.3) is 0 Å². The number of benzene rings is 1. The number of rotatable bonds is 4. The summed E-state index contributed by atoms with van der Waals surface area (Å²) in [5.41, 5.74) is 1.51. The van der Waals surface area contributed by atoms with E-state index in [1.165, 1.54) is 0 Å². The number of amides is 1. The molecule has 0 heterocycles. The highest BCUT2D eigenvalue weighted by Gasteiger charge is 2.43. The van der Waals surface area contributed by atoms with E-state index < -0.39 is 18.0 Å². The van der Waals surface area contributed by atoms with Gasteiger partial charge in [-0.2, -0.15) is 13.2 Å². The molecule has 2 atom stereocenters. The molecule has 1 aliphatic rings. The van der Waals surface area contributed by atoms with E-state index in [-0.39, 0.29) is 25.4 Å². The second kappa shape index (κ2) is 7.13. The first-order valence-electron chi connectivity index (χ1n) is 7.47. The predicted molar refractivity (Wildman–Crippen MR) is 77.4 cm³/mol. The van der Waals surface area contributed by atoms with Crippen molar-refractivity contribution in [2.24, 2.45) is 11.8 Å². The Labute approximate surface area is 127 Å². The van der Waals surface area contributed by atoms with E-state index in [0.29, 0.717) is 24.9 Å². The van der Waals surface area contributed by atoms with E-state index in [1.807, 2.05) is 0 Å². The van der Waals surface area contributed by atoms with Crippen LogP contribution in [-0.4, -0.2) is 23.8 Å². The molecule has 1 aromatic rings. The molecule has 2 unspecified atom stereocenters. The predicted octanol–water partition coefficient (Wildman–Crippen LogP) is 3.53. The first kappa shape index (κ1) is 16.8. The topological polar surface area (TPSA) is 49.3 Å². The quantitative estimate of drug-likeness (QED) is 0.893. The first-order valence-corrected chi connectivity index (χ1v) is 7.47. The van der Waals surface area contributed by atoms with E-state index in [2.05, 4.69) is 5.32 Å². The van der Waals surface area contributed by atoms with E-state index in [1.54, 1.807) is 24.3 Å². The number of hydrogen-bond acceptors (Lipinski definition) is 2. The summed E-state index contributed by atoms with van der Waals surface area (Å²) in [6.07, 6.45) is -2.77. The molecule has 0 saturated heterocycles. The summed E-state index contributed by atoms with van der Waals surface area (Å²) in [6.45, 7) is 0.0482. The van der Waals surface area contributed by atoms with Crippen molar-refractivity contribution in [3.05, 3.63) is 29.8 Å². The summed E-state index contributed by atoms with van der Waals surface area (Å²) >= 11 is 0. The number of anilines is 1. The second-order valence-electron chi connectivity index (χ2n) is 5.76. The number of halogens is 3. The number of hydrogen-bond donors (Lipinski definition) is 2. The summed E-state index contributed by atoms with van der Waals surface area (Å²) in [6, 6.07) is 6.97. The Morgan fingerprint density at radius 3 is 2.50 bits per heavy atom. The largest absolute Gasteiger partial charge is 0.396 e. The Kier molecular flexibility index (Phi) is 5.45. The zero-order valence-corrected chi connectivity index (χ0v) is 12.2. The molecule has 1 aliphatic carbocycles. The van der Waals surface area contributed by atoms with Gasteiger partial charge in [-0.1, -0.05) is 18.6 Å². The Morgan fingerprint density at radius 2 is 1.91 bits per heavy atom. The van der Waals surface area contributed by atoms with Gasteiger partial charge in [0.05, 0.1) is 5.92 Å². The van der Waals surface area contributed by atoms with Crippen LogP contribution in [0, 0.1) is 11.8 Å². The van der Waals surface area contributed by atoms with Crippen LogP contribution in [-0.2, 0) is 11.2 Å². The van der Waals surface area contributed by atoms with E-state index in [4.69, 9.17) is 5.11 Å². The highest BCUT2D eigenvalue weighted by atomic mass is 19.4. The monoisotopic (exact) mass is 315 g/mol. The molecule has 0 bridgehead atoms. The van der Waals surface area contributed by atoms with Crippen LogP contribution in [0.2, 0.25) is 0 Å². The van der Waals surface area contributed by atoms with Gasteiger partial charge in [-0.25, -0.2) is 0 Å². The maximum absolute atomic E-state index is 12.8. The summed E-state index contributed by atoms with van der Waals surface area (Å²) in [5.74, 6) is -2.30. The number of carbonyl (C=O) groups is 1. The number of alkyl halides is 3. The minimum absolute atomic E-state index is 0.0482. The molecule has 1 amide bonds. The molecule has 0 aliphatic heterocycles. The summed E-state index contributed by atoms with van der Waals surface area (Å²) in [5, 5.41) is 11.5. The minimum atomic E-state index is -4.22. The SMILES string of the molecule is O=C(Nc1ccc(CCO)cc1)C1CCCC(C(F)(F)F)C1. The number of carbonyl (C=O) groups excluding carboxylic acids is 1. The van der Waals surface area contributed by atoms with Crippen LogP contribution in [0.5, 0.6) is 0 Å². The maximum atomic E-state index is 12.8. The number of aliphatic hydroxyl groups excluding tert-OH is 1. The van der Waals surface area contributed by atoms with Crippen LogP contribution in [0.15, 0.2) is 24.3 Å². The molecule has 2 N–H and O–H groups in total. The highest BCUT2D eigenvalue weighted by molar-refractivity contribution is 5.92. The fourth-order valence-electron chi connectivity index (χ4n) is 2.85. The molecule has 1 saturated carbocycles. The molecule has 1 aromatic carbocycles. The van der Waals surface area contributed by atoms with Gasteiger partial charge in [-0.3, -0.25) is 4.79 Å². The molecule has 0 radical (unpaired) electrons. The van der Waals surface area contributed by atoms with Crippen molar-refractivity contribution in [2.75, 3.05) is 11.9 Å². The van der Waals surface area contributed by atoms with Gasteiger partial charge in [-0.15, -0.1) is 0 Å². The van der Waals surface area contributed by atoms with Gasteiger partial charge < -0.3 is 10.4 Å². The molecule has 1 fully saturated rings. The third kappa shape index (κ3) is 4.47. The summed E-state index contributed by atoms with van der Waals surface area (Å²) < 4.78 is 38.3. The van der Waals surface area contributed by atoms with E-state index in [0.717, 1.165) is 5.56 Å². The van der Waals surface area contributed by atoms with Gasteiger partial charge in [0.2, 0.25) is 5.91 Å². The lowest BCUT2D eigenvalue weighted by atomic mass is 9.80. The maximum Gasteiger partial charge on any atom is 0.391 e. The van der Waals surface area contributed by atoms with Crippen molar-refractivity contribution in [3.8, 4) is 0 Å². The lowest BCUT2D eigenvalue weighted by molar-refractivity contribution is -0.185. The van der Waals surface area contributed by atoms with Gasteiger partial charge in [-0.05, 0) is 43.4 Å². The van der Waals surface area contributed by atoms with Crippen molar-refractivity contribution >= 4 is 11.6 Å². The molecule has 122 valence electrons. The van der Waals surface area contributed by atoms with Crippen LogP contribution in [0.3, 0.4) is 0 Å².